The second-order valence-corrected chi connectivity index (χ2v) is 6.90. The van der Waals surface area contributed by atoms with Crippen LogP contribution in [0.5, 0.6) is 0 Å². The van der Waals surface area contributed by atoms with E-state index in [1.54, 1.807) is 0 Å². The second kappa shape index (κ2) is 6.61. The number of rotatable bonds is 5. The van der Waals surface area contributed by atoms with Crippen LogP contribution in [0.25, 0.3) is 0 Å². The molecule has 0 aliphatic heterocycles. The molecular weight excluding hydrogens is 260 g/mol. The number of nitrogens with zero attached hydrogens (tertiary/aromatic N) is 1. The lowest BCUT2D eigenvalue weighted by Crippen LogP contribution is -2.49. The van der Waals surface area contributed by atoms with Crippen molar-refractivity contribution in [2.45, 2.75) is 51.0 Å². The van der Waals surface area contributed by atoms with Gasteiger partial charge in [0.25, 0.3) is 0 Å². The first-order chi connectivity index (χ1) is 9.91. The van der Waals surface area contributed by atoms with Crippen molar-refractivity contribution in [2.24, 2.45) is 11.7 Å². The number of primary amides is 1. The summed E-state index contributed by atoms with van der Waals surface area (Å²) in [5.41, 5.74) is 8.30. The van der Waals surface area contributed by atoms with Crippen molar-refractivity contribution in [1.82, 2.24) is 4.90 Å². The maximum atomic E-state index is 11.1. The molecule has 0 unspecified atom stereocenters. The number of aryl methyl sites for hydroxylation is 1. The minimum absolute atomic E-state index is 0.156. The molecule has 1 amide bonds. The largest absolute Gasteiger partial charge is 0.370 e. The molecule has 0 heterocycles. The maximum Gasteiger partial charge on any atom is 0.217 e. The van der Waals surface area contributed by atoms with Gasteiger partial charge in [-0.3, -0.25) is 4.79 Å². The highest BCUT2D eigenvalue weighted by atomic mass is 16.1. The number of carbonyl (C=O) groups excluding carboxylic acids is 1. The summed E-state index contributed by atoms with van der Waals surface area (Å²) in [5.74, 6) is 0.323. The van der Waals surface area contributed by atoms with Crippen molar-refractivity contribution >= 4 is 5.91 Å². The summed E-state index contributed by atoms with van der Waals surface area (Å²) in [5, 5.41) is 0. The normalized spacial score (nSPS) is 26.0. The molecule has 1 saturated carbocycles. The highest BCUT2D eigenvalue weighted by Crippen LogP contribution is 2.39. The van der Waals surface area contributed by atoms with Crippen LogP contribution >= 0.6 is 0 Å². The average molecular weight is 288 g/mol. The van der Waals surface area contributed by atoms with Crippen LogP contribution in [0, 0.1) is 12.8 Å². The lowest BCUT2D eigenvalue weighted by molar-refractivity contribution is -0.119. The van der Waals surface area contributed by atoms with E-state index in [-0.39, 0.29) is 11.4 Å². The van der Waals surface area contributed by atoms with Gasteiger partial charge in [-0.15, -0.1) is 0 Å². The lowest BCUT2D eigenvalue weighted by atomic mass is 9.72. The van der Waals surface area contributed by atoms with Gasteiger partial charge in [0.1, 0.15) is 0 Å². The highest BCUT2D eigenvalue weighted by molar-refractivity contribution is 5.74. The summed E-state index contributed by atoms with van der Waals surface area (Å²) in [6, 6.07) is 8.82. The van der Waals surface area contributed by atoms with Gasteiger partial charge in [0.15, 0.2) is 0 Å². The number of likely N-dealkylation sites (N-methyl/N-ethyl adjacent to an activating group) is 1. The summed E-state index contributed by atoms with van der Waals surface area (Å²) in [4.78, 5) is 13.5. The van der Waals surface area contributed by atoms with Crippen LogP contribution in [0.1, 0.15) is 43.2 Å². The van der Waals surface area contributed by atoms with Gasteiger partial charge in [0, 0.05) is 12.0 Å². The van der Waals surface area contributed by atoms with Crippen molar-refractivity contribution in [2.75, 3.05) is 14.1 Å². The fourth-order valence-corrected chi connectivity index (χ4v) is 3.69. The van der Waals surface area contributed by atoms with E-state index in [9.17, 15) is 4.79 Å². The Morgan fingerprint density at radius 3 is 2.52 bits per heavy atom. The van der Waals surface area contributed by atoms with Crippen molar-refractivity contribution in [3.8, 4) is 0 Å². The summed E-state index contributed by atoms with van der Waals surface area (Å²) in [6.45, 7) is 2.15. The fourth-order valence-electron chi connectivity index (χ4n) is 3.69. The molecule has 3 heteroatoms. The average Bonchev–Trinajstić information content (AvgIpc) is 2.40. The van der Waals surface area contributed by atoms with E-state index >= 15 is 0 Å². The molecule has 2 N–H and O–H groups in total. The monoisotopic (exact) mass is 288 g/mol. The first kappa shape index (κ1) is 16.0. The molecule has 2 rings (SSSR count). The fraction of sp³-hybridized carbons (Fsp3) is 0.611. The van der Waals surface area contributed by atoms with Crippen LogP contribution in [0.3, 0.4) is 0 Å². The van der Waals surface area contributed by atoms with Gasteiger partial charge < -0.3 is 10.6 Å². The molecule has 0 spiro atoms. The number of amides is 1. The maximum absolute atomic E-state index is 11.1. The Morgan fingerprint density at radius 1 is 1.33 bits per heavy atom. The third kappa shape index (κ3) is 4.07. The van der Waals surface area contributed by atoms with E-state index < -0.39 is 0 Å². The van der Waals surface area contributed by atoms with E-state index in [2.05, 4.69) is 50.2 Å². The van der Waals surface area contributed by atoms with Crippen molar-refractivity contribution in [3.63, 3.8) is 0 Å². The zero-order chi connectivity index (χ0) is 15.5. The van der Waals surface area contributed by atoms with Gasteiger partial charge in [-0.05, 0) is 64.6 Å². The van der Waals surface area contributed by atoms with Crippen molar-refractivity contribution in [1.29, 1.82) is 0 Å². The molecular formula is C18H28N2O. The number of carbonyl (C=O) groups is 1. The van der Waals surface area contributed by atoms with Gasteiger partial charge in [-0.25, -0.2) is 0 Å². The molecule has 21 heavy (non-hydrogen) atoms. The smallest absolute Gasteiger partial charge is 0.217 e. The molecule has 0 aromatic heterocycles. The van der Waals surface area contributed by atoms with Crippen LogP contribution in [-0.4, -0.2) is 30.4 Å². The Hall–Kier alpha value is -1.35. The van der Waals surface area contributed by atoms with Crippen LogP contribution in [0.2, 0.25) is 0 Å². The molecule has 0 atom stereocenters. The van der Waals surface area contributed by atoms with E-state index in [1.807, 2.05) is 0 Å². The Balaban J connectivity index is 2.07. The highest BCUT2D eigenvalue weighted by Gasteiger charge is 2.37. The molecule has 1 aromatic rings. The van der Waals surface area contributed by atoms with E-state index in [1.165, 1.54) is 11.1 Å². The molecule has 0 radical (unpaired) electrons. The first-order valence-electron chi connectivity index (χ1n) is 7.92. The van der Waals surface area contributed by atoms with E-state index in [0.717, 1.165) is 32.1 Å². The molecule has 1 aliphatic rings. The summed E-state index contributed by atoms with van der Waals surface area (Å²) < 4.78 is 0. The molecule has 116 valence electrons. The summed E-state index contributed by atoms with van der Waals surface area (Å²) in [6.07, 6.45) is 6.14. The number of nitrogens with two attached hydrogens (primary N) is 1. The van der Waals surface area contributed by atoms with E-state index in [0.29, 0.717) is 12.3 Å². The number of hydrogen-bond donors (Lipinski definition) is 1. The standard InChI is InChI=1S/C18H28N2O/c1-14-5-4-6-16(11-14)13-18(20(2)3)9-7-15(8-10-18)12-17(19)21/h4-6,11,15H,7-10,12-13H2,1-3H3,(H2,19,21). The third-order valence-corrected chi connectivity index (χ3v) is 5.09. The first-order valence-corrected chi connectivity index (χ1v) is 7.92. The van der Waals surface area contributed by atoms with Crippen molar-refractivity contribution < 1.29 is 4.79 Å². The van der Waals surface area contributed by atoms with Crippen LogP contribution in [-0.2, 0) is 11.2 Å². The minimum Gasteiger partial charge on any atom is -0.370 e. The Bertz CT molecular complexity index is 488. The van der Waals surface area contributed by atoms with Gasteiger partial charge in [-0.1, -0.05) is 29.8 Å². The molecule has 0 bridgehead atoms. The summed E-state index contributed by atoms with van der Waals surface area (Å²) in [7, 11) is 4.37. The van der Waals surface area contributed by atoms with Gasteiger partial charge in [0.05, 0.1) is 0 Å². The molecule has 3 nitrogen and oxygen atoms in total. The molecule has 0 saturated heterocycles. The SMILES string of the molecule is Cc1cccc(CC2(N(C)C)CCC(CC(N)=O)CC2)c1. The van der Waals surface area contributed by atoms with Gasteiger partial charge >= 0.3 is 0 Å². The number of hydrogen-bond acceptors (Lipinski definition) is 2. The zero-order valence-electron chi connectivity index (χ0n) is 13.6. The Kier molecular flexibility index (Phi) is 5.04. The van der Waals surface area contributed by atoms with Crippen molar-refractivity contribution in [3.05, 3.63) is 35.4 Å². The Labute approximate surface area is 128 Å². The lowest BCUT2D eigenvalue weighted by Gasteiger charge is -2.45. The van der Waals surface area contributed by atoms with Crippen LogP contribution in [0.15, 0.2) is 24.3 Å². The molecule has 1 fully saturated rings. The van der Waals surface area contributed by atoms with Crippen LogP contribution < -0.4 is 5.73 Å². The topological polar surface area (TPSA) is 46.3 Å². The third-order valence-electron chi connectivity index (χ3n) is 5.09. The summed E-state index contributed by atoms with van der Waals surface area (Å²) >= 11 is 0. The van der Waals surface area contributed by atoms with Gasteiger partial charge in [-0.2, -0.15) is 0 Å². The predicted octanol–water partition coefficient (Wildman–Crippen LogP) is 2.90. The van der Waals surface area contributed by atoms with Crippen LogP contribution in [0.4, 0.5) is 0 Å². The van der Waals surface area contributed by atoms with E-state index in [4.69, 9.17) is 5.73 Å². The predicted molar refractivity (Wildman–Crippen MR) is 87.1 cm³/mol. The Morgan fingerprint density at radius 2 is 2.00 bits per heavy atom. The quantitative estimate of drug-likeness (QED) is 0.905. The molecule has 1 aromatic carbocycles. The number of benzene rings is 1. The minimum atomic E-state index is -0.156. The van der Waals surface area contributed by atoms with Gasteiger partial charge in [0.2, 0.25) is 5.91 Å². The zero-order valence-corrected chi connectivity index (χ0v) is 13.6. The molecule has 1 aliphatic carbocycles. The second-order valence-electron chi connectivity index (χ2n) is 6.90.